The van der Waals surface area contributed by atoms with Gasteiger partial charge in [0.05, 0.1) is 13.2 Å². The van der Waals surface area contributed by atoms with E-state index in [9.17, 15) is 0 Å². The van der Waals surface area contributed by atoms with Gasteiger partial charge in [0.25, 0.3) is 0 Å². The summed E-state index contributed by atoms with van der Waals surface area (Å²) in [6, 6.07) is 0. The molecule has 0 amide bonds. The highest BCUT2D eigenvalue weighted by molar-refractivity contribution is 14.1. The molecule has 0 saturated carbocycles. The summed E-state index contributed by atoms with van der Waals surface area (Å²) in [4.78, 5) is 0. The van der Waals surface area contributed by atoms with Crippen LogP contribution in [0.3, 0.4) is 0 Å². The zero-order valence-corrected chi connectivity index (χ0v) is 7.84. The molecule has 0 aromatic carbocycles. The fourth-order valence-electron chi connectivity index (χ4n) is 0.737. The van der Waals surface area contributed by atoms with Crippen LogP contribution in [0.2, 0.25) is 0 Å². The normalized spacial score (nSPS) is 25.3. The van der Waals surface area contributed by atoms with E-state index in [1.54, 1.807) is 0 Å². The number of halogens is 1. The lowest BCUT2D eigenvalue weighted by Crippen LogP contribution is -2.27. The van der Waals surface area contributed by atoms with Gasteiger partial charge in [-0.1, -0.05) is 13.8 Å². The van der Waals surface area contributed by atoms with Crippen molar-refractivity contribution in [2.45, 2.75) is 17.6 Å². The molecule has 0 unspecified atom stereocenters. The van der Waals surface area contributed by atoms with Crippen LogP contribution in [0.25, 0.3) is 0 Å². The van der Waals surface area contributed by atoms with E-state index in [4.69, 9.17) is 9.47 Å². The van der Waals surface area contributed by atoms with E-state index in [0.29, 0.717) is 5.92 Å². The van der Waals surface area contributed by atoms with Crippen molar-refractivity contribution in [2.75, 3.05) is 13.2 Å². The van der Waals surface area contributed by atoms with Crippen molar-refractivity contribution in [1.82, 2.24) is 0 Å². The molecule has 0 aromatic heterocycles. The fraction of sp³-hybridized carbons (Fsp3) is 1.00. The molecule has 0 aliphatic carbocycles. The molecule has 2 nitrogen and oxygen atoms in total. The Morgan fingerprint density at radius 1 is 1.33 bits per heavy atom. The van der Waals surface area contributed by atoms with Gasteiger partial charge in [0.15, 0.2) is 0 Å². The Balaban J connectivity index is 2.51. The van der Waals surface area contributed by atoms with E-state index < -0.39 is 0 Å². The summed E-state index contributed by atoms with van der Waals surface area (Å²) in [6.07, 6.45) is 0. The molecule has 1 aliphatic rings. The first-order chi connectivity index (χ1) is 4.15. The van der Waals surface area contributed by atoms with Gasteiger partial charge in [-0.2, -0.15) is 0 Å². The maximum absolute atomic E-state index is 5.37. The Hall–Kier alpha value is 0.650. The molecule has 1 heterocycles. The van der Waals surface area contributed by atoms with Gasteiger partial charge in [-0.25, -0.2) is 0 Å². The molecular formula is C6H11IO2. The van der Waals surface area contributed by atoms with Crippen LogP contribution in [0.15, 0.2) is 0 Å². The van der Waals surface area contributed by atoms with E-state index in [2.05, 4.69) is 36.4 Å². The number of ether oxygens (including phenoxy) is 2. The molecule has 0 atom stereocenters. The maximum atomic E-state index is 5.37. The minimum absolute atomic E-state index is 0.336. The van der Waals surface area contributed by atoms with Crippen molar-refractivity contribution in [3.63, 3.8) is 0 Å². The molecule has 1 saturated heterocycles. The molecule has 1 fully saturated rings. The van der Waals surface area contributed by atoms with Gasteiger partial charge in [-0.05, 0) is 22.6 Å². The van der Waals surface area contributed by atoms with Crippen LogP contribution < -0.4 is 0 Å². The largest absolute Gasteiger partial charge is 0.339 e. The van der Waals surface area contributed by atoms with Crippen LogP contribution in [-0.4, -0.2) is 17.0 Å². The van der Waals surface area contributed by atoms with Gasteiger partial charge in [0.2, 0.25) is 3.79 Å². The predicted molar refractivity (Wildman–Crippen MR) is 43.5 cm³/mol. The molecule has 0 aromatic rings. The van der Waals surface area contributed by atoms with Crippen LogP contribution in [0.4, 0.5) is 0 Å². The molecule has 54 valence electrons. The summed E-state index contributed by atoms with van der Waals surface area (Å²) >= 11 is 2.21. The Kier molecular flexibility index (Phi) is 2.34. The monoisotopic (exact) mass is 242 g/mol. The summed E-state index contributed by atoms with van der Waals surface area (Å²) in [7, 11) is 0. The molecular weight excluding hydrogens is 231 g/mol. The summed E-state index contributed by atoms with van der Waals surface area (Å²) in [5, 5.41) is 0. The number of alkyl halides is 1. The third kappa shape index (κ3) is 1.56. The van der Waals surface area contributed by atoms with E-state index in [1.165, 1.54) is 0 Å². The minimum atomic E-state index is -0.336. The van der Waals surface area contributed by atoms with Crippen molar-refractivity contribution in [3.8, 4) is 0 Å². The molecule has 1 rings (SSSR count). The van der Waals surface area contributed by atoms with E-state index >= 15 is 0 Å². The highest BCUT2D eigenvalue weighted by Gasteiger charge is 2.36. The standard InChI is InChI=1S/C6H11IO2/c1-5(2)6(7)8-3-4-9-6/h5H,3-4H2,1-2H3. The van der Waals surface area contributed by atoms with Crippen molar-refractivity contribution in [1.29, 1.82) is 0 Å². The fourth-order valence-corrected chi connectivity index (χ4v) is 1.18. The number of rotatable bonds is 1. The lowest BCUT2D eigenvalue weighted by Gasteiger charge is -2.23. The van der Waals surface area contributed by atoms with Gasteiger partial charge in [0, 0.05) is 5.92 Å². The van der Waals surface area contributed by atoms with Crippen LogP contribution >= 0.6 is 22.6 Å². The van der Waals surface area contributed by atoms with E-state index in [0.717, 1.165) is 13.2 Å². The quantitative estimate of drug-likeness (QED) is 0.515. The zero-order valence-electron chi connectivity index (χ0n) is 5.69. The number of hydrogen-bond acceptors (Lipinski definition) is 2. The lowest BCUT2D eigenvalue weighted by atomic mass is 10.2. The Labute approximate surface area is 69.0 Å². The predicted octanol–water partition coefficient (Wildman–Crippen LogP) is 1.78. The van der Waals surface area contributed by atoms with Crippen LogP contribution in [-0.2, 0) is 9.47 Å². The third-order valence-electron chi connectivity index (χ3n) is 1.37. The summed E-state index contributed by atoms with van der Waals surface area (Å²) < 4.78 is 10.4. The SMILES string of the molecule is CC(C)C1(I)OCCO1. The van der Waals surface area contributed by atoms with Crippen LogP contribution in [0.5, 0.6) is 0 Å². The van der Waals surface area contributed by atoms with Gasteiger partial charge < -0.3 is 9.47 Å². The van der Waals surface area contributed by atoms with E-state index in [1.807, 2.05) is 0 Å². The van der Waals surface area contributed by atoms with Gasteiger partial charge in [-0.15, -0.1) is 0 Å². The Bertz CT molecular complexity index is 97.2. The van der Waals surface area contributed by atoms with Crippen molar-refractivity contribution < 1.29 is 9.47 Å². The molecule has 9 heavy (non-hydrogen) atoms. The average molecular weight is 242 g/mol. The zero-order chi connectivity index (χ0) is 6.91. The van der Waals surface area contributed by atoms with Crippen molar-refractivity contribution in [2.24, 2.45) is 5.92 Å². The van der Waals surface area contributed by atoms with Crippen LogP contribution in [0.1, 0.15) is 13.8 Å². The third-order valence-corrected chi connectivity index (χ3v) is 3.24. The topological polar surface area (TPSA) is 18.5 Å². The van der Waals surface area contributed by atoms with E-state index in [-0.39, 0.29) is 3.79 Å². The Morgan fingerprint density at radius 2 is 1.78 bits per heavy atom. The maximum Gasteiger partial charge on any atom is 0.223 e. The smallest absolute Gasteiger partial charge is 0.223 e. The summed E-state index contributed by atoms with van der Waals surface area (Å²) in [5.74, 6) is 0.431. The summed E-state index contributed by atoms with van der Waals surface area (Å²) in [6.45, 7) is 5.66. The molecule has 0 radical (unpaired) electrons. The second kappa shape index (κ2) is 2.72. The first-order valence-electron chi connectivity index (χ1n) is 3.12. The van der Waals surface area contributed by atoms with Crippen LogP contribution in [0, 0.1) is 5.92 Å². The lowest BCUT2D eigenvalue weighted by molar-refractivity contribution is -0.0908. The molecule has 1 aliphatic heterocycles. The van der Waals surface area contributed by atoms with Gasteiger partial charge in [0.1, 0.15) is 0 Å². The Morgan fingerprint density at radius 3 is 2.00 bits per heavy atom. The second-order valence-electron chi connectivity index (χ2n) is 2.43. The highest BCUT2D eigenvalue weighted by atomic mass is 127. The molecule has 0 spiro atoms. The molecule has 0 N–H and O–H groups in total. The first kappa shape index (κ1) is 7.75. The molecule has 3 heteroatoms. The molecule has 0 bridgehead atoms. The number of hydrogen-bond donors (Lipinski definition) is 0. The highest BCUT2D eigenvalue weighted by Crippen LogP contribution is 2.34. The van der Waals surface area contributed by atoms with Crippen molar-refractivity contribution >= 4 is 22.6 Å². The second-order valence-corrected chi connectivity index (χ2v) is 3.94. The summed E-state index contributed by atoms with van der Waals surface area (Å²) in [5.41, 5.74) is 0. The van der Waals surface area contributed by atoms with Gasteiger partial charge >= 0.3 is 0 Å². The first-order valence-corrected chi connectivity index (χ1v) is 4.20. The van der Waals surface area contributed by atoms with Crippen molar-refractivity contribution in [3.05, 3.63) is 0 Å². The minimum Gasteiger partial charge on any atom is -0.339 e. The van der Waals surface area contributed by atoms with Gasteiger partial charge in [-0.3, -0.25) is 0 Å². The average Bonchev–Trinajstić information content (AvgIpc) is 2.16.